The lowest BCUT2D eigenvalue weighted by Crippen LogP contribution is -2.54. The Kier molecular flexibility index (Phi) is 4.56. The van der Waals surface area contributed by atoms with Gasteiger partial charge in [-0.2, -0.15) is 0 Å². The smallest absolute Gasteiger partial charge is 0.326 e. The highest BCUT2D eigenvalue weighted by Crippen LogP contribution is 2.38. The van der Waals surface area contributed by atoms with Crippen molar-refractivity contribution in [2.45, 2.75) is 51.7 Å². The molecule has 2 fully saturated rings. The molecule has 148 valence electrons. The Balaban J connectivity index is 1.40. The van der Waals surface area contributed by atoms with E-state index in [1.807, 2.05) is 36.6 Å². The Hall–Kier alpha value is -2.90. The normalized spacial score (nSPS) is 24.8. The van der Waals surface area contributed by atoms with Gasteiger partial charge in [-0.25, -0.2) is 9.78 Å². The van der Waals surface area contributed by atoms with E-state index >= 15 is 0 Å². The lowest BCUT2D eigenvalue weighted by molar-refractivity contribution is -0.149. The van der Waals surface area contributed by atoms with E-state index in [1.165, 1.54) is 0 Å². The summed E-state index contributed by atoms with van der Waals surface area (Å²) in [5, 5.41) is 2.84. The van der Waals surface area contributed by atoms with Crippen LogP contribution in [0.15, 0.2) is 24.5 Å². The maximum absolute atomic E-state index is 12.9. The van der Waals surface area contributed by atoms with Gasteiger partial charge in [0.2, 0.25) is 0 Å². The molecule has 1 saturated carbocycles. The molecule has 2 atom stereocenters. The predicted molar refractivity (Wildman–Crippen MR) is 100 cm³/mol. The number of urea groups is 1. The number of ether oxygens (including phenoxy) is 1. The molecule has 28 heavy (non-hydrogen) atoms. The van der Waals surface area contributed by atoms with E-state index in [2.05, 4.69) is 10.3 Å². The van der Waals surface area contributed by atoms with Crippen molar-refractivity contribution in [1.82, 2.24) is 19.6 Å². The molecule has 0 radical (unpaired) electrons. The quantitative estimate of drug-likeness (QED) is 0.644. The monoisotopic (exact) mass is 384 g/mol. The predicted octanol–water partition coefficient (Wildman–Crippen LogP) is 2.19. The molecule has 2 aromatic heterocycles. The third kappa shape index (κ3) is 3.02. The topological polar surface area (TPSA) is 93.0 Å². The summed E-state index contributed by atoms with van der Waals surface area (Å²) >= 11 is 0. The number of nitrogens with one attached hydrogen (secondary N) is 1. The number of carbonyl (C=O) groups excluding carboxylic acids is 3. The Morgan fingerprint density at radius 1 is 1.39 bits per heavy atom. The molecular weight excluding hydrogens is 360 g/mol. The van der Waals surface area contributed by atoms with Gasteiger partial charge in [-0.15, -0.1) is 0 Å². The van der Waals surface area contributed by atoms with E-state index in [1.54, 1.807) is 6.20 Å². The molecule has 8 nitrogen and oxygen atoms in total. The van der Waals surface area contributed by atoms with Crippen molar-refractivity contribution in [3.63, 3.8) is 0 Å². The zero-order chi connectivity index (χ0) is 19.9. The van der Waals surface area contributed by atoms with Crippen molar-refractivity contribution in [1.29, 1.82) is 0 Å². The Labute approximate surface area is 162 Å². The number of aryl methyl sites for hydroxylation is 1. The van der Waals surface area contributed by atoms with Gasteiger partial charge < -0.3 is 14.5 Å². The average molecular weight is 384 g/mol. The van der Waals surface area contributed by atoms with E-state index in [9.17, 15) is 14.4 Å². The van der Waals surface area contributed by atoms with E-state index < -0.39 is 17.5 Å². The molecule has 1 aliphatic heterocycles. The summed E-state index contributed by atoms with van der Waals surface area (Å²) in [5.41, 5.74) is 1.56. The van der Waals surface area contributed by atoms with Crippen LogP contribution in [0.2, 0.25) is 0 Å². The molecule has 3 heterocycles. The molecule has 2 aromatic rings. The van der Waals surface area contributed by atoms with Crippen LogP contribution in [0.5, 0.6) is 0 Å². The summed E-state index contributed by atoms with van der Waals surface area (Å²) in [4.78, 5) is 42.9. The van der Waals surface area contributed by atoms with Crippen molar-refractivity contribution >= 4 is 23.6 Å². The number of amides is 3. The highest BCUT2D eigenvalue weighted by atomic mass is 16.5. The Morgan fingerprint density at radius 3 is 2.96 bits per heavy atom. The van der Waals surface area contributed by atoms with E-state index in [0.29, 0.717) is 12.1 Å². The summed E-state index contributed by atoms with van der Waals surface area (Å²) in [6, 6.07) is 3.36. The number of imidazole rings is 1. The zero-order valence-electron chi connectivity index (χ0n) is 16.1. The minimum atomic E-state index is -0.866. The number of hydrogen-bond donors (Lipinski definition) is 1. The first kappa shape index (κ1) is 18.5. The van der Waals surface area contributed by atoms with Gasteiger partial charge in [-0.05, 0) is 37.3 Å². The average Bonchev–Trinajstić information content (AvgIpc) is 3.19. The van der Waals surface area contributed by atoms with Gasteiger partial charge >= 0.3 is 12.0 Å². The van der Waals surface area contributed by atoms with E-state index in [0.717, 1.165) is 35.4 Å². The fourth-order valence-electron chi connectivity index (χ4n) is 4.24. The highest BCUT2D eigenvalue weighted by Gasteiger charge is 2.55. The van der Waals surface area contributed by atoms with E-state index in [-0.39, 0.29) is 25.0 Å². The Bertz CT molecular complexity index is 953. The van der Waals surface area contributed by atoms with Gasteiger partial charge in [0.25, 0.3) is 5.91 Å². The lowest BCUT2D eigenvalue weighted by Gasteiger charge is -2.36. The zero-order valence-corrected chi connectivity index (χ0v) is 16.1. The number of hydrogen-bond acceptors (Lipinski definition) is 5. The Morgan fingerprint density at radius 2 is 2.21 bits per heavy atom. The molecule has 0 aromatic carbocycles. The fourth-order valence-corrected chi connectivity index (χ4v) is 4.24. The van der Waals surface area contributed by atoms with Crippen LogP contribution < -0.4 is 5.32 Å². The summed E-state index contributed by atoms with van der Waals surface area (Å²) in [6.07, 6.45) is 7.11. The molecule has 3 amide bonds. The number of imide groups is 1. The van der Waals surface area contributed by atoms with Crippen LogP contribution in [0.4, 0.5) is 4.79 Å². The number of aromatic nitrogens is 2. The molecule has 1 saturated heterocycles. The van der Waals surface area contributed by atoms with Crippen molar-refractivity contribution in [2.75, 3.05) is 6.54 Å². The second kappa shape index (κ2) is 6.92. The minimum Gasteiger partial charge on any atom is -0.458 e. The van der Waals surface area contributed by atoms with Crippen LogP contribution in [0.1, 0.15) is 43.9 Å². The second-order valence-electron chi connectivity index (χ2n) is 7.75. The molecule has 1 aliphatic carbocycles. The lowest BCUT2D eigenvalue weighted by atomic mass is 9.73. The van der Waals surface area contributed by atoms with Gasteiger partial charge in [0.1, 0.15) is 24.3 Å². The van der Waals surface area contributed by atoms with Crippen LogP contribution in [-0.4, -0.2) is 44.3 Å². The summed E-state index contributed by atoms with van der Waals surface area (Å²) in [7, 11) is 0. The number of fused-ring (bicyclic) bond motifs is 1. The standard InChI is InChI=1S/C20H24N4O4/c1-13-6-5-9-23-10-15(21-17(13)23)12-28-16(25)11-24-18(26)20(22-19(24)27)8-4-3-7-14(20)2/h5-6,9-10,14H,3-4,7-8,11-12H2,1-2H3,(H,22,27). The van der Waals surface area contributed by atoms with Gasteiger partial charge in [-0.3, -0.25) is 14.5 Å². The molecule has 2 aliphatic rings. The molecule has 8 heteroatoms. The van der Waals surface area contributed by atoms with Gasteiger partial charge in [0.15, 0.2) is 0 Å². The number of carbonyl (C=O) groups is 3. The summed E-state index contributed by atoms with van der Waals surface area (Å²) in [6.45, 7) is 3.54. The van der Waals surface area contributed by atoms with Gasteiger partial charge in [0, 0.05) is 12.4 Å². The summed E-state index contributed by atoms with van der Waals surface area (Å²) < 4.78 is 7.14. The number of pyridine rings is 1. The first-order chi connectivity index (χ1) is 13.4. The maximum atomic E-state index is 12.9. The number of nitrogens with zero attached hydrogens (tertiary/aromatic N) is 3. The van der Waals surface area contributed by atoms with Crippen LogP contribution >= 0.6 is 0 Å². The van der Waals surface area contributed by atoms with Crippen LogP contribution in [-0.2, 0) is 20.9 Å². The van der Waals surface area contributed by atoms with E-state index in [4.69, 9.17) is 4.74 Å². The van der Waals surface area contributed by atoms with Crippen molar-refractivity contribution in [3.05, 3.63) is 35.8 Å². The van der Waals surface area contributed by atoms with Crippen molar-refractivity contribution in [2.24, 2.45) is 5.92 Å². The van der Waals surface area contributed by atoms with Gasteiger partial charge in [-0.1, -0.05) is 25.8 Å². The molecule has 2 unspecified atom stereocenters. The minimum absolute atomic E-state index is 0.00878. The highest BCUT2D eigenvalue weighted by molar-refractivity contribution is 6.08. The second-order valence-corrected chi connectivity index (χ2v) is 7.75. The maximum Gasteiger partial charge on any atom is 0.326 e. The third-order valence-corrected chi connectivity index (χ3v) is 5.90. The van der Waals surface area contributed by atoms with Crippen LogP contribution in [0, 0.1) is 12.8 Å². The summed E-state index contributed by atoms with van der Waals surface area (Å²) in [5.74, 6) is -0.886. The fraction of sp³-hybridized carbons (Fsp3) is 0.500. The largest absolute Gasteiger partial charge is 0.458 e. The molecule has 4 rings (SSSR count). The first-order valence-corrected chi connectivity index (χ1v) is 9.63. The van der Waals surface area contributed by atoms with Gasteiger partial charge in [0.05, 0.1) is 5.69 Å². The third-order valence-electron chi connectivity index (χ3n) is 5.90. The molecule has 0 bridgehead atoms. The molecular formula is C20H24N4O4. The molecule has 1 spiro atoms. The van der Waals surface area contributed by atoms with Crippen molar-refractivity contribution in [3.8, 4) is 0 Å². The first-order valence-electron chi connectivity index (χ1n) is 9.63. The number of esters is 1. The van der Waals surface area contributed by atoms with Crippen LogP contribution in [0.25, 0.3) is 5.65 Å². The van der Waals surface area contributed by atoms with Crippen LogP contribution in [0.3, 0.4) is 0 Å². The number of rotatable bonds is 4. The molecule has 1 N–H and O–H groups in total. The SMILES string of the molecule is Cc1cccn2cc(COC(=O)CN3C(=O)NC4(CCCCC4C)C3=O)nc12. The van der Waals surface area contributed by atoms with Crippen molar-refractivity contribution < 1.29 is 19.1 Å².